The van der Waals surface area contributed by atoms with Crippen molar-refractivity contribution in [3.05, 3.63) is 95.3 Å². The van der Waals surface area contributed by atoms with Crippen LogP contribution in [0.5, 0.6) is 0 Å². The van der Waals surface area contributed by atoms with Gasteiger partial charge in [-0.2, -0.15) is 0 Å². The quantitative estimate of drug-likeness (QED) is 0.358. The van der Waals surface area contributed by atoms with Crippen molar-refractivity contribution in [2.75, 3.05) is 10.8 Å². The minimum Gasteiger partial charge on any atom is -0.352 e. The molecule has 0 radical (unpaired) electrons. The van der Waals surface area contributed by atoms with Gasteiger partial charge in [-0.1, -0.05) is 67.1 Å². The van der Waals surface area contributed by atoms with Crippen LogP contribution in [0.4, 0.5) is 10.1 Å². The molecule has 0 fully saturated rings. The molecule has 0 spiro atoms. The van der Waals surface area contributed by atoms with Crippen LogP contribution >= 0.6 is 11.6 Å². The Morgan fingerprint density at radius 3 is 2.16 bits per heavy atom. The summed E-state index contributed by atoms with van der Waals surface area (Å²) in [5.41, 5.74) is 0.788. The van der Waals surface area contributed by atoms with Gasteiger partial charge in [0.25, 0.3) is 10.0 Å². The van der Waals surface area contributed by atoms with Gasteiger partial charge in [0.1, 0.15) is 18.4 Å². The van der Waals surface area contributed by atoms with E-state index < -0.39 is 34.3 Å². The second-order valence-corrected chi connectivity index (χ2v) is 11.2. The summed E-state index contributed by atoms with van der Waals surface area (Å²) in [6, 6.07) is 19.2. The molecule has 0 heterocycles. The van der Waals surface area contributed by atoms with Gasteiger partial charge < -0.3 is 10.2 Å². The zero-order valence-corrected chi connectivity index (χ0v) is 23.0. The third kappa shape index (κ3) is 7.11. The van der Waals surface area contributed by atoms with Gasteiger partial charge in [0.05, 0.1) is 15.6 Å². The van der Waals surface area contributed by atoms with Crippen LogP contribution in [0, 0.1) is 5.82 Å². The Morgan fingerprint density at radius 1 is 0.974 bits per heavy atom. The van der Waals surface area contributed by atoms with Gasteiger partial charge in [-0.3, -0.25) is 13.9 Å². The van der Waals surface area contributed by atoms with Gasteiger partial charge in [0.2, 0.25) is 11.8 Å². The summed E-state index contributed by atoms with van der Waals surface area (Å²) in [6.45, 7) is 4.84. The fourth-order valence-corrected chi connectivity index (χ4v) is 5.32. The number of carbonyl (C=O) groups is 2. The van der Waals surface area contributed by atoms with E-state index >= 15 is 0 Å². The SMILES string of the molecule is CC[C@H](C)NC(=O)[C@@H](C)N(Cc1ccccc1)C(=O)CN(c1ccc(F)c(Cl)c1)S(=O)(=O)c1ccccc1. The maximum atomic E-state index is 13.9. The van der Waals surface area contributed by atoms with E-state index in [1.165, 1.54) is 23.1 Å². The van der Waals surface area contributed by atoms with Gasteiger partial charge >= 0.3 is 0 Å². The molecular formula is C28H31ClFN3O4S. The first-order valence-electron chi connectivity index (χ1n) is 12.2. The summed E-state index contributed by atoms with van der Waals surface area (Å²) in [6.07, 6.45) is 0.708. The summed E-state index contributed by atoms with van der Waals surface area (Å²) in [7, 11) is -4.25. The summed E-state index contributed by atoms with van der Waals surface area (Å²) in [5.74, 6) is -1.69. The molecule has 3 rings (SSSR count). The number of hydrogen-bond acceptors (Lipinski definition) is 4. The van der Waals surface area contributed by atoms with Crippen LogP contribution in [0.1, 0.15) is 32.8 Å². The first-order valence-corrected chi connectivity index (χ1v) is 14.0. The lowest BCUT2D eigenvalue weighted by Gasteiger charge is -2.32. The van der Waals surface area contributed by atoms with E-state index in [9.17, 15) is 22.4 Å². The maximum absolute atomic E-state index is 13.9. The Kier molecular flexibility index (Phi) is 9.88. The second kappa shape index (κ2) is 12.9. The van der Waals surface area contributed by atoms with E-state index in [4.69, 9.17) is 11.6 Å². The van der Waals surface area contributed by atoms with Crippen LogP contribution in [-0.2, 0) is 26.2 Å². The largest absolute Gasteiger partial charge is 0.352 e. The molecule has 2 amide bonds. The highest BCUT2D eigenvalue weighted by atomic mass is 35.5. The molecule has 10 heteroatoms. The van der Waals surface area contributed by atoms with Crippen molar-refractivity contribution in [2.45, 2.75) is 50.7 Å². The van der Waals surface area contributed by atoms with Crippen LogP contribution in [0.2, 0.25) is 5.02 Å². The number of sulfonamides is 1. The van der Waals surface area contributed by atoms with Gasteiger partial charge in [0.15, 0.2) is 0 Å². The van der Waals surface area contributed by atoms with Gasteiger partial charge in [-0.05, 0) is 56.2 Å². The van der Waals surface area contributed by atoms with Crippen molar-refractivity contribution in [3.63, 3.8) is 0 Å². The van der Waals surface area contributed by atoms with Crippen molar-refractivity contribution < 1.29 is 22.4 Å². The molecule has 202 valence electrons. The number of hydrogen-bond donors (Lipinski definition) is 1. The molecule has 3 aromatic rings. The fraction of sp³-hybridized carbons (Fsp3) is 0.286. The molecule has 0 aliphatic carbocycles. The van der Waals surface area contributed by atoms with Crippen LogP contribution in [0.3, 0.4) is 0 Å². The molecule has 38 heavy (non-hydrogen) atoms. The van der Waals surface area contributed by atoms with E-state index in [-0.39, 0.29) is 34.1 Å². The monoisotopic (exact) mass is 559 g/mol. The molecule has 2 atom stereocenters. The Bertz CT molecular complexity index is 1360. The van der Waals surface area contributed by atoms with Gasteiger partial charge in [-0.15, -0.1) is 0 Å². The fourth-order valence-electron chi connectivity index (χ4n) is 3.72. The first-order chi connectivity index (χ1) is 18.0. The third-order valence-corrected chi connectivity index (χ3v) is 8.24. The van der Waals surface area contributed by atoms with Crippen molar-refractivity contribution in [1.82, 2.24) is 10.2 Å². The van der Waals surface area contributed by atoms with Crippen LogP contribution < -0.4 is 9.62 Å². The summed E-state index contributed by atoms with van der Waals surface area (Å²) in [4.78, 5) is 28.1. The predicted octanol–water partition coefficient (Wildman–Crippen LogP) is 5.01. The number of nitrogens with one attached hydrogen (secondary N) is 1. The molecule has 0 unspecified atom stereocenters. The molecule has 7 nitrogen and oxygen atoms in total. The van der Waals surface area contributed by atoms with Crippen LogP contribution in [-0.4, -0.2) is 43.8 Å². The molecule has 0 aliphatic rings. The van der Waals surface area contributed by atoms with E-state index in [0.29, 0.717) is 6.42 Å². The highest BCUT2D eigenvalue weighted by molar-refractivity contribution is 7.92. The number of amides is 2. The van der Waals surface area contributed by atoms with E-state index in [0.717, 1.165) is 22.0 Å². The topological polar surface area (TPSA) is 86.8 Å². The first kappa shape index (κ1) is 29.1. The van der Waals surface area contributed by atoms with Crippen molar-refractivity contribution in [2.24, 2.45) is 0 Å². The number of rotatable bonds is 11. The van der Waals surface area contributed by atoms with Crippen molar-refractivity contribution in [3.8, 4) is 0 Å². The van der Waals surface area contributed by atoms with Gasteiger partial charge in [-0.25, -0.2) is 12.8 Å². The number of halogens is 2. The number of benzene rings is 3. The standard InChI is InChI=1S/C28H31ClFN3O4S/c1-4-20(2)31-28(35)21(3)32(18-22-11-7-5-8-12-22)27(34)19-33(23-15-16-26(30)25(29)17-23)38(36,37)24-13-9-6-10-14-24/h5-17,20-21H,4,18-19H2,1-3H3,(H,31,35)/t20-,21+/m0/s1. The average Bonchev–Trinajstić information content (AvgIpc) is 2.92. The van der Waals surface area contributed by atoms with Crippen molar-refractivity contribution in [1.29, 1.82) is 0 Å². The average molecular weight is 560 g/mol. The summed E-state index contributed by atoms with van der Waals surface area (Å²) in [5, 5.41) is 2.60. The van der Waals surface area contributed by atoms with E-state index in [1.54, 1.807) is 25.1 Å². The molecule has 0 aromatic heterocycles. The van der Waals surface area contributed by atoms with Crippen LogP contribution in [0.25, 0.3) is 0 Å². The number of anilines is 1. The van der Waals surface area contributed by atoms with E-state index in [2.05, 4.69) is 5.32 Å². The predicted molar refractivity (Wildman–Crippen MR) is 147 cm³/mol. The Morgan fingerprint density at radius 2 is 1.58 bits per heavy atom. The minimum atomic E-state index is -4.25. The number of carbonyl (C=O) groups excluding carboxylic acids is 2. The summed E-state index contributed by atoms with van der Waals surface area (Å²) >= 11 is 5.97. The smallest absolute Gasteiger partial charge is 0.264 e. The zero-order chi connectivity index (χ0) is 27.9. The summed E-state index contributed by atoms with van der Waals surface area (Å²) < 4.78 is 42.2. The minimum absolute atomic E-state index is 0.0185. The molecule has 1 N–H and O–H groups in total. The maximum Gasteiger partial charge on any atom is 0.264 e. The lowest BCUT2D eigenvalue weighted by atomic mass is 10.1. The Labute approximate surface area is 228 Å². The highest BCUT2D eigenvalue weighted by Gasteiger charge is 2.33. The Hall–Kier alpha value is -3.43. The van der Waals surface area contributed by atoms with Crippen LogP contribution in [0.15, 0.2) is 83.8 Å². The second-order valence-electron chi connectivity index (χ2n) is 8.92. The molecule has 0 bridgehead atoms. The number of nitrogens with zero attached hydrogens (tertiary/aromatic N) is 2. The van der Waals surface area contributed by atoms with E-state index in [1.807, 2.05) is 44.2 Å². The lowest BCUT2D eigenvalue weighted by molar-refractivity contribution is -0.139. The molecule has 0 aliphatic heterocycles. The highest BCUT2D eigenvalue weighted by Crippen LogP contribution is 2.28. The Balaban J connectivity index is 2.02. The third-order valence-electron chi connectivity index (χ3n) is 6.17. The molecule has 0 saturated carbocycles. The molecule has 3 aromatic carbocycles. The van der Waals surface area contributed by atoms with Gasteiger partial charge in [0, 0.05) is 12.6 Å². The van der Waals surface area contributed by atoms with Crippen molar-refractivity contribution >= 4 is 39.1 Å². The zero-order valence-electron chi connectivity index (χ0n) is 21.5. The molecule has 0 saturated heterocycles. The normalized spacial score (nSPS) is 12.9. The lowest BCUT2D eigenvalue weighted by Crippen LogP contribution is -2.52. The molecular weight excluding hydrogens is 529 g/mol.